The van der Waals surface area contributed by atoms with Crippen LogP contribution in [0, 0.1) is 11.8 Å². The summed E-state index contributed by atoms with van der Waals surface area (Å²) in [4.78, 5) is 0. The van der Waals surface area contributed by atoms with Crippen molar-refractivity contribution in [2.24, 2.45) is 11.8 Å². The second kappa shape index (κ2) is 4.19. The Morgan fingerprint density at radius 3 is 2.57 bits per heavy atom. The molecule has 1 N–H and O–H groups in total. The molecule has 14 heavy (non-hydrogen) atoms. The number of aliphatic hydroxyl groups is 1. The first-order valence-corrected chi connectivity index (χ1v) is 5.98. The molecule has 1 heterocycles. The van der Waals surface area contributed by atoms with Gasteiger partial charge in [0.15, 0.2) is 0 Å². The van der Waals surface area contributed by atoms with Crippen molar-refractivity contribution in [3.8, 4) is 0 Å². The molecule has 0 amide bonds. The number of ether oxygens (including phenoxy) is 1. The Labute approximate surface area is 86.6 Å². The fraction of sp³-hybridized carbons (Fsp3) is 1.00. The van der Waals surface area contributed by atoms with Gasteiger partial charge in [-0.2, -0.15) is 0 Å². The third kappa shape index (κ3) is 2.29. The zero-order chi connectivity index (χ0) is 10.0. The van der Waals surface area contributed by atoms with Crippen LogP contribution in [-0.2, 0) is 4.74 Å². The van der Waals surface area contributed by atoms with Crippen LogP contribution in [0.1, 0.15) is 45.4 Å². The molecule has 2 rings (SSSR count). The standard InChI is InChI=1S/C12H22O2/c1-12(13,11-6-7-14-9-11)8-10-4-2-3-5-10/h10-11,13H,2-9H2,1H3. The Hall–Kier alpha value is -0.0800. The molecule has 1 aliphatic heterocycles. The van der Waals surface area contributed by atoms with Gasteiger partial charge in [-0.15, -0.1) is 0 Å². The van der Waals surface area contributed by atoms with Crippen molar-refractivity contribution in [3.63, 3.8) is 0 Å². The molecule has 2 nitrogen and oxygen atoms in total. The fourth-order valence-corrected chi connectivity index (χ4v) is 2.99. The lowest BCUT2D eigenvalue weighted by Crippen LogP contribution is -2.36. The normalized spacial score (nSPS) is 33.4. The van der Waals surface area contributed by atoms with Crippen LogP contribution in [-0.4, -0.2) is 23.9 Å². The smallest absolute Gasteiger partial charge is 0.0673 e. The fourth-order valence-electron chi connectivity index (χ4n) is 2.99. The van der Waals surface area contributed by atoms with Crippen molar-refractivity contribution in [1.29, 1.82) is 0 Å². The van der Waals surface area contributed by atoms with E-state index < -0.39 is 5.60 Å². The van der Waals surface area contributed by atoms with Gasteiger partial charge < -0.3 is 9.84 Å². The van der Waals surface area contributed by atoms with Crippen molar-refractivity contribution in [3.05, 3.63) is 0 Å². The van der Waals surface area contributed by atoms with Crippen LogP contribution < -0.4 is 0 Å². The molecule has 2 heteroatoms. The van der Waals surface area contributed by atoms with Gasteiger partial charge in [0.1, 0.15) is 0 Å². The summed E-state index contributed by atoms with van der Waals surface area (Å²) in [5, 5.41) is 10.4. The van der Waals surface area contributed by atoms with Gasteiger partial charge >= 0.3 is 0 Å². The van der Waals surface area contributed by atoms with E-state index in [1.807, 2.05) is 6.92 Å². The number of hydrogen-bond donors (Lipinski definition) is 1. The second-order valence-electron chi connectivity index (χ2n) is 5.27. The third-order valence-electron chi connectivity index (χ3n) is 3.99. The van der Waals surface area contributed by atoms with E-state index in [-0.39, 0.29) is 0 Å². The van der Waals surface area contributed by atoms with Crippen LogP contribution >= 0.6 is 0 Å². The van der Waals surface area contributed by atoms with E-state index in [1.165, 1.54) is 25.7 Å². The molecule has 2 fully saturated rings. The number of rotatable bonds is 3. The summed E-state index contributed by atoms with van der Waals surface area (Å²) in [6.07, 6.45) is 7.40. The summed E-state index contributed by atoms with van der Waals surface area (Å²) in [7, 11) is 0. The van der Waals surface area contributed by atoms with E-state index in [0.717, 1.165) is 32.0 Å². The maximum Gasteiger partial charge on any atom is 0.0673 e. The van der Waals surface area contributed by atoms with Crippen molar-refractivity contribution in [2.75, 3.05) is 13.2 Å². The Balaban J connectivity index is 1.86. The summed E-state index contributed by atoms with van der Waals surface area (Å²) < 4.78 is 5.35. The van der Waals surface area contributed by atoms with Gasteiger partial charge in [0.05, 0.1) is 12.2 Å². The molecule has 1 aliphatic carbocycles. The van der Waals surface area contributed by atoms with Gasteiger partial charge in [-0.05, 0) is 25.7 Å². The highest BCUT2D eigenvalue weighted by Gasteiger charge is 2.37. The second-order valence-corrected chi connectivity index (χ2v) is 5.27. The molecule has 0 aromatic heterocycles. The third-order valence-corrected chi connectivity index (χ3v) is 3.99. The van der Waals surface area contributed by atoms with Crippen molar-refractivity contribution < 1.29 is 9.84 Å². The van der Waals surface area contributed by atoms with E-state index in [9.17, 15) is 5.11 Å². The maximum absolute atomic E-state index is 10.4. The van der Waals surface area contributed by atoms with Crippen LogP contribution in [0.5, 0.6) is 0 Å². The van der Waals surface area contributed by atoms with Gasteiger partial charge in [-0.3, -0.25) is 0 Å². The predicted octanol–water partition coefficient (Wildman–Crippen LogP) is 2.35. The molecule has 2 aliphatic rings. The van der Waals surface area contributed by atoms with Crippen LogP contribution in [0.4, 0.5) is 0 Å². The number of hydrogen-bond acceptors (Lipinski definition) is 2. The summed E-state index contributed by atoms with van der Waals surface area (Å²) in [5.74, 6) is 1.15. The van der Waals surface area contributed by atoms with Gasteiger partial charge in [-0.25, -0.2) is 0 Å². The van der Waals surface area contributed by atoms with E-state index >= 15 is 0 Å². The Morgan fingerprint density at radius 2 is 2.00 bits per heavy atom. The van der Waals surface area contributed by atoms with Crippen LogP contribution in [0.3, 0.4) is 0 Å². The van der Waals surface area contributed by atoms with E-state index in [4.69, 9.17) is 4.74 Å². The van der Waals surface area contributed by atoms with Gasteiger partial charge in [0, 0.05) is 12.5 Å². The lowest BCUT2D eigenvalue weighted by molar-refractivity contribution is -0.0245. The van der Waals surface area contributed by atoms with Crippen LogP contribution in [0.2, 0.25) is 0 Å². The van der Waals surface area contributed by atoms with E-state index in [2.05, 4.69) is 0 Å². The highest BCUT2D eigenvalue weighted by atomic mass is 16.5. The Bertz CT molecular complexity index is 177. The molecular weight excluding hydrogens is 176 g/mol. The van der Waals surface area contributed by atoms with E-state index in [0.29, 0.717) is 5.92 Å². The minimum atomic E-state index is -0.481. The molecule has 0 aromatic rings. The quantitative estimate of drug-likeness (QED) is 0.754. The molecule has 2 unspecified atom stereocenters. The zero-order valence-electron chi connectivity index (χ0n) is 9.17. The summed E-state index contributed by atoms with van der Waals surface area (Å²) in [6.45, 7) is 3.61. The predicted molar refractivity (Wildman–Crippen MR) is 56.1 cm³/mol. The van der Waals surface area contributed by atoms with Crippen LogP contribution in [0.25, 0.3) is 0 Å². The summed E-state index contributed by atoms with van der Waals surface area (Å²) >= 11 is 0. The molecule has 1 saturated carbocycles. The highest BCUT2D eigenvalue weighted by molar-refractivity contribution is 4.87. The minimum Gasteiger partial charge on any atom is -0.390 e. The molecular formula is C12H22O2. The minimum absolute atomic E-state index is 0.378. The lowest BCUT2D eigenvalue weighted by atomic mass is 9.80. The van der Waals surface area contributed by atoms with Crippen molar-refractivity contribution in [1.82, 2.24) is 0 Å². The molecule has 2 atom stereocenters. The Morgan fingerprint density at radius 1 is 1.29 bits per heavy atom. The van der Waals surface area contributed by atoms with Crippen molar-refractivity contribution >= 4 is 0 Å². The largest absolute Gasteiger partial charge is 0.390 e. The first-order valence-electron chi connectivity index (χ1n) is 5.98. The molecule has 82 valence electrons. The van der Waals surface area contributed by atoms with Gasteiger partial charge in [0.2, 0.25) is 0 Å². The lowest BCUT2D eigenvalue weighted by Gasteiger charge is -2.31. The SMILES string of the molecule is CC(O)(CC1CCCC1)C1CCOC1. The maximum atomic E-state index is 10.4. The molecule has 0 spiro atoms. The zero-order valence-corrected chi connectivity index (χ0v) is 9.17. The molecule has 0 radical (unpaired) electrons. The molecule has 0 bridgehead atoms. The summed E-state index contributed by atoms with van der Waals surface area (Å²) in [5.41, 5.74) is -0.481. The van der Waals surface area contributed by atoms with Gasteiger partial charge in [-0.1, -0.05) is 25.7 Å². The highest BCUT2D eigenvalue weighted by Crippen LogP contribution is 2.37. The van der Waals surface area contributed by atoms with Gasteiger partial charge in [0.25, 0.3) is 0 Å². The monoisotopic (exact) mass is 198 g/mol. The average molecular weight is 198 g/mol. The topological polar surface area (TPSA) is 29.5 Å². The molecule has 0 aromatic carbocycles. The first-order chi connectivity index (χ1) is 6.68. The summed E-state index contributed by atoms with van der Waals surface area (Å²) in [6, 6.07) is 0. The first kappa shape index (κ1) is 10.4. The average Bonchev–Trinajstić information content (AvgIpc) is 2.71. The van der Waals surface area contributed by atoms with E-state index in [1.54, 1.807) is 0 Å². The van der Waals surface area contributed by atoms with Crippen molar-refractivity contribution in [2.45, 2.75) is 51.0 Å². The molecule has 1 saturated heterocycles. The Kier molecular flexibility index (Phi) is 3.13. The van der Waals surface area contributed by atoms with Crippen LogP contribution in [0.15, 0.2) is 0 Å².